The molecule has 0 spiro atoms. The monoisotopic (exact) mass is 381 g/mol. The van der Waals surface area contributed by atoms with E-state index in [-0.39, 0.29) is 11.8 Å². The van der Waals surface area contributed by atoms with E-state index in [4.69, 9.17) is 0 Å². The number of hydrogen-bond donors (Lipinski definition) is 0. The highest BCUT2D eigenvalue weighted by molar-refractivity contribution is 5.98. The standard InChI is InChI=1S/C20H20FN5O2/c1-2-26-18-7-6-15(13-17(18)22-23-26)20(28)25-10-8-24(9-11-25)19(27)14-4-3-5-16(21)12-14/h3-7,12-13H,2,8-11H2,1H3. The van der Waals surface area contributed by atoms with Crippen LogP contribution >= 0.6 is 0 Å². The summed E-state index contributed by atoms with van der Waals surface area (Å²) >= 11 is 0. The van der Waals surface area contributed by atoms with Crippen molar-refractivity contribution in [2.24, 2.45) is 0 Å². The van der Waals surface area contributed by atoms with Crippen LogP contribution in [0.1, 0.15) is 27.6 Å². The molecule has 0 N–H and O–H groups in total. The summed E-state index contributed by atoms with van der Waals surface area (Å²) < 4.78 is 15.1. The van der Waals surface area contributed by atoms with Gasteiger partial charge in [0.05, 0.1) is 5.52 Å². The molecule has 1 aromatic heterocycles. The van der Waals surface area contributed by atoms with Crippen LogP contribution in [0.4, 0.5) is 4.39 Å². The van der Waals surface area contributed by atoms with E-state index in [0.29, 0.717) is 49.4 Å². The molecule has 28 heavy (non-hydrogen) atoms. The summed E-state index contributed by atoms with van der Waals surface area (Å²) in [5.41, 5.74) is 2.46. The number of fused-ring (bicyclic) bond motifs is 1. The molecular weight excluding hydrogens is 361 g/mol. The average molecular weight is 381 g/mol. The van der Waals surface area contributed by atoms with Gasteiger partial charge in [-0.05, 0) is 43.3 Å². The maximum Gasteiger partial charge on any atom is 0.254 e. The van der Waals surface area contributed by atoms with Crippen molar-refractivity contribution in [3.63, 3.8) is 0 Å². The first-order chi connectivity index (χ1) is 13.6. The summed E-state index contributed by atoms with van der Waals surface area (Å²) in [5.74, 6) is -0.745. The molecule has 0 bridgehead atoms. The van der Waals surface area contributed by atoms with E-state index in [9.17, 15) is 14.0 Å². The predicted octanol–water partition coefficient (Wildman–Crippen LogP) is 2.19. The zero-order valence-corrected chi connectivity index (χ0v) is 15.5. The Morgan fingerprint density at radius 1 is 0.964 bits per heavy atom. The number of carbonyl (C=O) groups is 2. The third-order valence-corrected chi connectivity index (χ3v) is 4.99. The number of halogens is 1. The summed E-state index contributed by atoms with van der Waals surface area (Å²) in [6, 6.07) is 11.1. The molecule has 2 aromatic carbocycles. The lowest BCUT2D eigenvalue weighted by Crippen LogP contribution is -2.50. The average Bonchev–Trinajstić information content (AvgIpc) is 3.15. The minimum Gasteiger partial charge on any atom is -0.335 e. The molecular formula is C20H20FN5O2. The number of rotatable bonds is 3. The van der Waals surface area contributed by atoms with E-state index < -0.39 is 5.82 Å². The molecule has 2 heterocycles. The third-order valence-electron chi connectivity index (χ3n) is 4.99. The molecule has 144 valence electrons. The van der Waals surface area contributed by atoms with Crippen molar-refractivity contribution >= 4 is 22.8 Å². The number of benzene rings is 2. The van der Waals surface area contributed by atoms with Gasteiger partial charge in [-0.1, -0.05) is 11.3 Å². The number of aromatic nitrogens is 3. The summed E-state index contributed by atoms with van der Waals surface area (Å²) in [7, 11) is 0. The molecule has 1 fully saturated rings. The summed E-state index contributed by atoms with van der Waals surface area (Å²) in [6.07, 6.45) is 0. The number of amides is 2. The minimum absolute atomic E-state index is 0.0918. The molecule has 1 aliphatic rings. The van der Waals surface area contributed by atoms with E-state index in [1.807, 2.05) is 13.0 Å². The molecule has 0 unspecified atom stereocenters. The van der Waals surface area contributed by atoms with E-state index in [0.717, 1.165) is 5.52 Å². The Morgan fingerprint density at radius 2 is 1.61 bits per heavy atom. The van der Waals surface area contributed by atoms with Gasteiger partial charge in [0.25, 0.3) is 11.8 Å². The van der Waals surface area contributed by atoms with Gasteiger partial charge in [-0.25, -0.2) is 9.07 Å². The first kappa shape index (κ1) is 18.1. The second-order valence-electron chi connectivity index (χ2n) is 6.70. The van der Waals surface area contributed by atoms with E-state index in [2.05, 4.69) is 10.3 Å². The molecule has 7 nitrogen and oxygen atoms in total. The van der Waals surface area contributed by atoms with Crippen LogP contribution in [0, 0.1) is 5.82 Å². The molecule has 0 saturated carbocycles. The maximum absolute atomic E-state index is 13.4. The molecule has 4 rings (SSSR count). The normalized spacial score (nSPS) is 14.5. The van der Waals surface area contributed by atoms with Crippen molar-refractivity contribution in [3.8, 4) is 0 Å². The van der Waals surface area contributed by atoms with Crippen molar-refractivity contribution in [2.75, 3.05) is 26.2 Å². The van der Waals surface area contributed by atoms with Gasteiger partial charge in [-0.2, -0.15) is 0 Å². The number of hydrogen-bond acceptors (Lipinski definition) is 4. The zero-order chi connectivity index (χ0) is 19.7. The minimum atomic E-state index is -0.435. The second-order valence-corrected chi connectivity index (χ2v) is 6.70. The lowest BCUT2D eigenvalue weighted by atomic mass is 10.1. The Balaban J connectivity index is 1.43. The first-order valence-electron chi connectivity index (χ1n) is 9.24. The van der Waals surface area contributed by atoms with Gasteiger partial charge in [-0.3, -0.25) is 9.59 Å². The Labute approximate surface area is 161 Å². The maximum atomic E-state index is 13.4. The van der Waals surface area contributed by atoms with Gasteiger partial charge in [0.15, 0.2) is 0 Å². The van der Waals surface area contributed by atoms with Crippen LogP contribution in [-0.4, -0.2) is 62.8 Å². The molecule has 2 amide bonds. The van der Waals surface area contributed by atoms with Crippen LogP contribution in [0.15, 0.2) is 42.5 Å². The van der Waals surface area contributed by atoms with Crippen LogP contribution in [-0.2, 0) is 6.54 Å². The fourth-order valence-electron chi connectivity index (χ4n) is 3.44. The highest BCUT2D eigenvalue weighted by atomic mass is 19.1. The van der Waals surface area contributed by atoms with Crippen LogP contribution in [0.5, 0.6) is 0 Å². The quantitative estimate of drug-likeness (QED) is 0.697. The van der Waals surface area contributed by atoms with E-state index >= 15 is 0 Å². The van der Waals surface area contributed by atoms with Crippen LogP contribution in [0.2, 0.25) is 0 Å². The van der Waals surface area contributed by atoms with Crippen molar-refractivity contribution in [3.05, 3.63) is 59.4 Å². The lowest BCUT2D eigenvalue weighted by Gasteiger charge is -2.34. The highest BCUT2D eigenvalue weighted by Crippen LogP contribution is 2.17. The number of carbonyl (C=O) groups excluding carboxylic acids is 2. The van der Waals surface area contributed by atoms with Gasteiger partial charge < -0.3 is 9.80 Å². The SMILES string of the molecule is CCn1nnc2cc(C(=O)N3CCN(C(=O)c4cccc(F)c4)CC3)ccc21. The largest absolute Gasteiger partial charge is 0.335 e. The Bertz CT molecular complexity index is 1040. The molecule has 0 radical (unpaired) electrons. The van der Waals surface area contributed by atoms with Crippen molar-refractivity contribution in [2.45, 2.75) is 13.5 Å². The summed E-state index contributed by atoms with van der Waals surface area (Å²) in [6.45, 7) is 4.38. The van der Waals surface area contributed by atoms with Crippen LogP contribution < -0.4 is 0 Å². The van der Waals surface area contributed by atoms with Gasteiger partial charge in [0.1, 0.15) is 11.3 Å². The number of nitrogens with zero attached hydrogens (tertiary/aromatic N) is 5. The topological polar surface area (TPSA) is 71.3 Å². The van der Waals surface area contributed by atoms with Gasteiger partial charge >= 0.3 is 0 Å². The van der Waals surface area contributed by atoms with Crippen molar-refractivity contribution < 1.29 is 14.0 Å². The second kappa shape index (κ2) is 7.38. The molecule has 8 heteroatoms. The van der Waals surface area contributed by atoms with Gasteiger partial charge in [0, 0.05) is 43.9 Å². The summed E-state index contributed by atoms with van der Waals surface area (Å²) in [5, 5.41) is 8.17. The Morgan fingerprint density at radius 3 is 2.21 bits per heavy atom. The smallest absolute Gasteiger partial charge is 0.254 e. The van der Waals surface area contributed by atoms with Crippen molar-refractivity contribution in [1.29, 1.82) is 0 Å². The molecule has 0 aliphatic carbocycles. The zero-order valence-electron chi connectivity index (χ0n) is 15.5. The highest BCUT2D eigenvalue weighted by Gasteiger charge is 2.26. The molecule has 3 aromatic rings. The molecule has 1 aliphatic heterocycles. The fraction of sp³-hybridized carbons (Fsp3) is 0.300. The van der Waals surface area contributed by atoms with Crippen molar-refractivity contribution in [1.82, 2.24) is 24.8 Å². The van der Waals surface area contributed by atoms with E-state index in [1.165, 1.54) is 18.2 Å². The Kier molecular flexibility index (Phi) is 4.77. The summed E-state index contributed by atoms with van der Waals surface area (Å²) in [4.78, 5) is 28.7. The fourth-order valence-corrected chi connectivity index (χ4v) is 3.44. The first-order valence-corrected chi connectivity index (χ1v) is 9.24. The molecule has 1 saturated heterocycles. The Hall–Kier alpha value is -3.29. The van der Waals surface area contributed by atoms with Gasteiger partial charge in [0.2, 0.25) is 0 Å². The van der Waals surface area contributed by atoms with E-state index in [1.54, 1.807) is 32.7 Å². The van der Waals surface area contributed by atoms with Crippen LogP contribution in [0.25, 0.3) is 11.0 Å². The lowest BCUT2D eigenvalue weighted by molar-refractivity contribution is 0.0535. The molecule has 0 atom stereocenters. The van der Waals surface area contributed by atoms with Gasteiger partial charge in [-0.15, -0.1) is 5.10 Å². The third kappa shape index (κ3) is 3.33. The number of piperazine rings is 1. The van der Waals surface area contributed by atoms with Crippen LogP contribution in [0.3, 0.4) is 0 Å². The predicted molar refractivity (Wildman–Crippen MR) is 101 cm³/mol. The number of aryl methyl sites for hydroxylation is 1.